The molecule has 2 saturated carbocycles. The lowest BCUT2D eigenvalue weighted by Gasteiger charge is -2.59. The Bertz CT molecular complexity index is 434. The van der Waals surface area contributed by atoms with E-state index in [1.807, 2.05) is 0 Å². The van der Waals surface area contributed by atoms with Crippen LogP contribution < -0.4 is 0 Å². The molecule has 5 rings (SSSR count). The second-order valence-electron chi connectivity index (χ2n) is 7.19. The lowest BCUT2D eigenvalue weighted by molar-refractivity contribution is -0.278. The number of hydrogen-bond donors (Lipinski definition) is 0. The molecule has 2 heteroatoms. The van der Waals surface area contributed by atoms with Gasteiger partial charge in [0.2, 0.25) is 0 Å². The lowest BCUT2D eigenvalue weighted by Crippen LogP contribution is -2.62. The van der Waals surface area contributed by atoms with Gasteiger partial charge in [-0.3, -0.25) is 4.90 Å². The van der Waals surface area contributed by atoms with E-state index in [1.54, 1.807) is 0 Å². The van der Waals surface area contributed by atoms with Crippen molar-refractivity contribution < 1.29 is 4.74 Å². The number of likely N-dealkylation sites (N-methyl/N-ethyl adjacent to an activating group) is 1. The van der Waals surface area contributed by atoms with Crippen molar-refractivity contribution in [2.24, 2.45) is 11.8 Å². The molecule has 20 heavy (non-hydrogen) atoms. The Morgan fingerprint density at radius 3 is 2.45 bits per heavy atom. The third-order valence-corrected chi connectivity index (χ3v) is 5.73. The third kappa shape index (κ3) is 2.19. The second-order valence-corrected chi connectivity index (χ2v) is 7.19. The van der Waals surface area contributed by atoms with E-state index in [2.05, 4.69) is 42.3 Å². The van der Waals surface area contributed by atoms with E-state index >= 15 is 0 Å². The first-order valence-corrected chi connectivity index (χ1v) is 8.16. The van der Waals surface area contributed by atoms with Crippen molar-refractivity contribution in [3.05, 3.63) is 35.9 Å². The number of hydrogen-bond acceptors (Lipinski definition) is 2. The first-order chi connectivity index (χ1) is 9.73. The van der Waals surface area contributed by atoms with Gasteiger partial charge < -0.3 is 4.74 Å². The number of rotatable bonds is 4. The van der Waals surface area contributed by atoms with Crippen LogP contribution in [0.5, 0.6) is 0 Å². The van der Waals surface area contributed by atoms with Gasteiger partial charge in [-0.25, -0.2) is 0 Å². The summed E-state index contributed by atoms with van der Waals surface area (Å²) in [6.07, 6.45) is 8.34. The Hall–Kier alpha value is -0.860. The quantitative estimate of drug-likeness (QED) is 0.831. The van der Waals surface area contributed by atoms with E-state index in [4.69, 9.17) is 4.74 Å². The van der Waals surface area contributed by atoms with Crippen molar-refractivity contribution in [1.29, 1.82) is 0 Å². The average molecular weight is 271 g/mol. The molecule has 0 N–H and O–H groups in total. The Kier molecular flexibility index (Phi) is 3.12. The molecular weight excluding hydrogens is 246 g/mol. The fraction of sp³-hybridized carbons (Fsp3) is 0.667. The first-order valence-electron chi connectivity index (χ1n) is 8.16. The summed E-state index contributed by atoms with van der Waals surface area (Å²) < 4.78 is 6.49. The molecule has 0 radical (unpaired) electrons. The summed E-state index contributed by atoms with van der Waals surface area (Å²) in [5.74, 6) is 1.86. The highest BCUT2D eigenvalue weighted by atomic mass is 16.5. The maximum atomic E-state index is 6.49. The van der Waals surface area contributed by atoms with Gasteiger partial charge in [0.15, 0.2) is 0 Å². The van der Waals surface area contributed by atoms with E-state index in [0.717, 1.165) is 24.8 Å². The van der Waals surface area contributed by atoms with Gasteiger partial charge in [0.1, 0.15) is 5.72 Å². The molecule has 0 aromatic heterocycles. The zero-order chi connectivity index (χ0) is 13.6. The molecule has 2 aliphatic heterocycles. The van der Waals surface area contributed by atoms with Crippen LogP contribution in [0.15, 0.2) is 30.3 Å². The Morgan fingerprint density at radius 1 is 1.10 bits per heavy atom. The highest BCUT2D eigenvalue weighted by Crippen LogP contribution is 2.53. The minimum Gasteiger partial charge on any atom is -0.357 e. The van der Waals surface area contributed by atoms with Gasteiger partial charge in [0.25, 0.3) is 0 Å². The van der Waals surface area contributed by atoms with Crippen molar-refractivity contribution in [3.63, 3.8) is 0 Å². The molecule has 4 atom stereocenters. The standard InChI is InChI=1S/C18H25NO/c1-19(8-7-14-5-3-2-4-6-14)18-12-15-9-16(13-18)11-17(10-15)20-18/h2-6,15-17H,7-13H2,1H3/t15-,16+,17+,18-. The van der Waals surface area contributed by atoms with Crippen molar-refractivity contribution in [1.82, 2.24) is 4.90 Å². The maximum Gasteiger partial charge on any atom is 0.122 e. The minimum absolute atomic E-state index is 0.0729. The largest absolute Gasteiger partial charge is 0.357 e. The van der Waals surface area contributed by atoms with E-state index < -0.39 is 0 Å². The molecule has 1 aromatic rings. The zero-order valence-electron chi connectivity index (χ0n) is 12.4. The molecular formula is C18H25NO. The number of ether oxygens (including phenoxy) is 1. The van der Waals surface area contributed by atoms with Crippen molar-refractivity contribution >= 4 is 0 Å². The SMILES string of the molecule is CN(CCc1ccccc1)[C@]12C[C@@H]3C[C@@H](C[C@H](C3)O1)C2. The summed E-state index contributed by atoms with van der Waals surface area (Å²) >= 11 is 0. The molecule has 2 aliphatic carbocycles. The van der Waals surface area contributed by atoms with Gasteiger partial charge in [-0.05, 0) is 63.0 Å². The van der Waals surface area contributed by atoms with Crippen LogP contribution in [0.1, 0.15) is 37.7 Å². The van der Waals surface area contributed by atoms with Crippen LogP contribution in [0.4, 0.5) is 0 Å². The molecule has 0 spiro atoms. The summed E-state index contributed by atoms with van der Waals surface area (Å²) in [5, 5.41) is 0. The summed E-state index contributed by atoms with van der Waals surface area (Å²) in [7, 11) is 2.27. The van der Waals surface area contributed by atoms with E-state index in [9.17, 15) is 0 Å². The highest BCUT2D eigenvalue weighted by Gasteiger charge is 2.53. The summed E-state index contributed by atoms with van der Waals surface area (Å²) in [5.41, 5.74) is 1.51. The molecule has 2 nitrogen and oxygen atoms in total. The van der Waals surface area contributed by atoms with Crippen LogP contribution in [-0.2, 0) is 11.2 Å². The normalized spacial score (nSPS) is 38.6. The van der Waals surface area contributed by atoms with Crippen LogP contribution in [0.3, 0.4) is 0 Å². The molecule has 1 aromatic carbocycles. The Balaban J connectivity index is 1.44. The lowest BCUT2D eigenvalue weighted by atomic mass is 9.64. The van der Waals surface area contributed by atoms with Crippen LogP contribution in [0.2, 0.25) is 0 Å². The molecule has 0 unspecified atom stereocenters. The maximum absolute atomic E-state index is 6.49. The second kappa shape index (κ2) is 4.85. The molecule has 4 aliphatic rings. The van der Waals surface area contributed by atoms with Crippen molar-refractivity contribution in [2.45, 2.75) is 50.4 Å². The monoisotopic (exact) mass is 271 g/mol. The third-order valence-electron chi connectivity index (χ3n) is 5.73. The van der Waals surface area contributed by atoms with Crippen LogP contribution in [0, 0.1) is 11.8 Å². The number of benzene rings is 1. The van der Waals surface area contributed by atoms with Gasteiger partial charge >= 0.3 is 0 Å². The predicted octanol–water partition coefficient (Wildman–Crippen LogP) is 3.47. The van der Waals surface area contributed by atoms with Crippen molar-refractivity contribution in [2.75, 3.05) is 13.6 Å². The molecule has 2 heterocycles. The zero-order valence-corrected chi connectivity index (χ0v) is 12.4. The smallest absolute Gasteiger partial charge is 0.122 e. The molecule has 108 valence electrons. The van der Waals surface area contributed by atoms with Crippen molar-refractivity contribution in [3.8, 4) is 0 Å². The van der Waals surface area contributed by atoms with Gasteiger partial charge in [-0.1, -0.05) is 30.3 Å². The minimum atomic E-state index is 0.0729. The highest BCUT2D eigenvalue weighted by molar-refractivity contribution is 5.15. The van der Waals surface area contributed by atoms with Crippen LogP contribution in [0.25, 0.3) is 0 Å². The molecule has 4 fully saturated rings. The number of nitrogens with zero attached hydrogens (tertiary/aromatic N) is 1. The van der Waals surface area contributed by atoms with Gasteiger partial charge in [-0.2, -0.15) is 0 Å². The molecule has 0 amide bonds. The Morgan fingerprint density at radius 2 is 1.80 bits per heavy atom. The van der Waals surface area contributed by atoms with Gasteiger partial charge in [-0.15, -0.1) is 0 Å². The topological polar surface area (TPSA) is 12.5 Å². The Labute approximate surface area is 122 Å². The predicted molar refractivity (Wildman–Crippen MR) is 80.4 cm³/mol. The fourth-order valence-electron chi connectivity index (χ4n) is 4.87. The van der Waals surface area contributed by atoms with Crippen LogP contribution >= 0.6 is 0 Å². The van der Waals surface area contributed by atoms with Gasteiger partial charge in [0.05, 0.1) is 6.10 Å². The summed E-state index contributed by atoms with van der Waals surface area (Å²) in [6.45, 7) is 1.11. The van der Waals surface area contributed by atoms with E-state index in [0.29, 0.717) is 6.10 Å². The summed E-state index contributed by atoms with van der Waals surface area (Å²) in [6, 6.07) is 10.8. The van der Waals surface area contributed by atoms with Gasteiger partial charge in [0, 0.05) is 6.54 Å². The molecule has 2 saturated heterocycles. The average Bonchev–Trinajstić information content (AvgIpc) is 2.44. The van der Waals surface area contributed by atoms with E-state index in [1.165, 1.54) is 37.7 Å². The first kappa shape index (κ1) is 12.8. The van der Waals surface area contributed by atoms with E-state index in [-0.39, 0.29) is 5.72 Å². The molecule has 4 bridgehead atoms. The summed E-state index contributed by atoms with van der Waals surface area (Å²) in [4.78, 5) is 2.52. The van der Waals surface area contributed by atoms with Crippen LogP contribution in [-0.4, -0.2) is 30.3 Å². The fourth-order valence-corrected chi connectivity index (χ4v) is 4.87.